The van der Waals surface area contributed by atoms with Crippen LogP contribution in [0, 0.1) is 5.41 Å². The number of rotatable bonds is 3. The van der Waals surface area contributed by atoms with Gasteiger partial charge in [-0.15, -0.1) is 0 Å². The largest absolute Gasteiger partial charge is 0.366 e. The second kappa shape index (κ2) is 4.34. The number of anilines is 2. The summed E-state index contributed by atoms with van der Waals surface area (Å²) in [5.74, 6) is 6.57. The average Bonchev–Trinajstić information content (AvgIpc) is 2.96. The highest BCUT2D eigenvalue weighted by atomic mass is 15.3. The first-order valence-electron chi connectivity index (χ1n) is 6.54. The summed E-state index contributed by atoms with van der Waals surface area (Å²) in [4.78, 5) is 8.62. The molecule has 7 heteroatoms. The average molecular weight is 261 g/mol. The van der Waals surface area contributed by atoms with Gasteiger partial charge in [-0.25, -0.2) is 5.84 Å². The second-order valence-corrected chi connectivity index (χ2v) is 5.75. The van der Waals surface area contributed by atoms with Crippen molar-refractivity contribution in [2.24, 2.45) is 11.3 Å². The number of aromatic nitrogens is 4. The summed E-state index contributed by atoms with van der Waals surface area (Å²) in [7, 11) is 0. The van der Waals surface area contributed by atoms with Crippen LogP contribution in [0.4, 0.5) is 11.8 Å². The standard InChI is InChI=1S/C12H19N7/c1-12(2)5-3-4-8(12)15-9-7-6-14-19-10(7)17-11(16-9)18-13/h6,8H,3-5,13H2,1-2H3,(H3,14,15,16,17,18,19). The van der Waals surface area contributed by atoms with Gasteiger partial charge in [0, 0.05) is 6.04 Å². The zero-order chi connectivity index (χ0) is 13.5. The summed E-state index contributed by atoms with van der Waals surface area (Å²) < 4.78 is 0. The van der Waals surface area contributed by atoms with E-state index in [0.29, 0.717) is 17.6 Å². The maximum Gasteiger partial charge on any atom is 0.241 e. The fourth-order valence-corrected chi connectivity index (χ4v) is 2.77. The molecule has 0 aliphatic heterocycles. The van der Waals surface area contributed by atoms with Crippen LogP contribution in [0.2, 0.25) is 0 Å². The van der Waals surface area contributed by atoms with Crippen molar-refractivity contribution in [1.29, 1.82) is 0 Å². The number of H-pyrrole nitrogens is 1. The summed E-state index contributed by atoms with van der Waals surface area (Å²) in [5.41, 5.74) is 3.44. The number of hydrazine groups is 1. The van der Waals surface area contributed by atoms with Crippen LogP contribution in [0.25, 0.3) is 11.0 Å². The molecule has 102 valence electrons. The van der Waals surface area contributed by atoms with Crippen molar-refractivity contribution in [3.8, 4) is 0 Å². The van der Waals surface area contributed by atoms with Gasteiger partial charge in [0.25, 0.3) is 0 Å². The first-order valence-corrected chi connectivity index (χ1v) is 6.54. The maximum absolute atomic E-state index is 5.40. The van der Waals surface area contributed by atoms with E-state index in [-0.39, 0.29) is 5.41 Å². The Kier molecular flexibility index (Phi) is 2.78. The molecule has 2 aromatic heterocycles. The Morgan fingerprint density at radius 3 is 2.95 bits per heavy atom. The topological polar surface area (TPSA) is 105 Å². The van der Waals surface area contributed by atoms with Gasteiger partial charge in [-0.1, -0.05) is 20.3 Å². The van der Waals surface area contributed by atoms with Gasteiger partial charge in [-0.3, -0.25) is 10.5 Å². The fourth-order valence-electron chi connectivity index (χ4n) is 2.77. The van der Waals surface area contributed by atoms with Gasteiger partial charge in [0.2, 0.25) is 5.95 Å². The van der Waals surface area contributed by atoms with Gasteiger partial charge in [0.05, 0.1) is 11.6 Å². The number of nitrogen functional groups attached to an aromatic ring is 1. The van der Waals surface area contributed by atoms with Crippen molar-refractivity contribution in [3.63, 3.8) is 0 Å². The van der Waals surface area contributed by atoms with Crippen LogP contribution in [0.3, 0.4) is 0 Å². The third kappa shape index (κ3) is 2.10. The van der Waals surface area contributed by atoms with Crippen LogP contribution in [0.1, 0.15) is 33.1 Å². The molecular formula is C12H19N7. The molecule has 2 aromatic rings. The van der Waals surface area contributed by atoms with Crippen molar-refractivity contribution < 1.29 is 0 Å². The van der Waals surface area contributed by atoms with Gasteiger partial charge >= 0.3 is 0 Å². The van der Waals surface area contributed by atoms with Crippen LogP contribution in [-0.4, -0.2) is 26.2 Å². The summed E-state index contributed by atoms with van der Waals surface area (Å²) in [6, 6.07) is 0.408. The molecule has 2 heterocycles. The van der Waals surface area contributed by atoms with E-state index in [9.17, 15) is 0 Å². The molecule has 0 radical (unpaired) electrons. The molecule has 7 nitrogen and oxygen atoms in total. The van der Waals surface area contributed by atoms with Crippen molar-refractivity contribution in [1.82, 2.24) is 20.2 Å². The molecule has 3 rings (SSSR count). The Morgan fingerprint density at radius 1 is 1.42 bits per heavy atom. The third-order valence-corrected chi connectivity index (χ3v) is 4.01. The minimum absolute atomic E-state index is 0.275. The zero-order valence-corrected chi connectivity index (χ0v) is 11.2. The molecule has 1 aliphatic rings. The molecule has 19 heavy (non-hydrogen) atoms. The SMILES string of the molecule is CC1(C)CCCC1Nc1nc(NN)nc2[nH]ncc12. The van der Waals surface area contributed by atoms with E-state index in [1.807, 2.05) is 0 Å². The number of nitrogens with zero attached hydrogens (tertiary/aromatic N) is 3. The smallest absolute Gasteiger partial charge is 0.241 e. The van der Waals surface area contributed by atoms with E-state index in [4.69, 9.17) is 5.84 Å². The Labute approximate surface area is 111 Å². The molecule has 0 saturated heterocycles. The van der Waals surface area contributed by atoms with Crippen LogP contribution in [-0.2, 0) is 0 Å². The highest BCUT2D eigenvalue weighted by Crippen LogP contribution is 2.39. The minimum atomic E-state index is 0.275. The number of nitrogens with two attached hydrogens (primary N) is 1. The minimum Gasteiger partial charge on any atom is -0.366 e. The second-order valence-electron chi connectivity index (χ2n) is 5.75. The number of nitrogens with one attached hydrogen (secondary N) is 3. The van der Waals surface area contributed by atoms with Gasteiger partial charge in [0.15, 0.2) is 5.65 Å². The Morgan fingerprint density at radius 2 is 2.26 bits per heavy atom. The van der Waals surface area contributed by atoms with Crippen LogP contribution < -0.4 is 16.6 Å². The van der Waals surface area contributed by atoms with E-state index in [1.54, 1.807) is 6.20 Å². The first kappa shape index (κ1) is 12.2. The first-order chi connectivity index (χ1) is 9.10. The van der Waals surface area contributed by atoms with Crippen LogP contribution in [0.15, 0.2) is 6.20 Å². The van der Waals surface area contributed by atoms with E-state index in [2.05, 4.69) is 44.8 Å². The fraction of sp³-hybridized carbons (Fsp3) is 0.583. The van der Waals surface area contributed by atoms with Crippen molar-refractivity contribution in [2.75, 3.05) is 10.7 Å². The lowest BCUT2D eigenvalue weighted by Crippen LogP contribution is -2.31. The molecule has 0 spiro atoms. The van der Waals surface area contributed by atoms with E-state index in [1.165, 1.54) is 12.8 Å². The molecule has 0 amide bonds. The predicted molar refractivity (Wildman–Crippen MR) is 74.5 cm³/mol. The van der Waals surface area contributed by atoms with Crippen molar-refractivity contribution in [2.45, 2.75) is 39.2 Å². The molecule has 1 atom stereocenters. The zero-order valence-electron chi connectivity index (χ0n) is 11.2. The van der Waals surface area contributed by atoms with E-state index in [0.717, 1.165) is 17.6 Å². The van der Waals surface area contributed by atoms with Gasteiger partial charge in [-0.2, -0.15) is 15.1 Å². The molecular weight excluding hydrogens is 242 g/mol. The molecule has 1 fully saturated rings. The Bertz CT molecular complexity index is 589. The lowest BCUT2D eigenvalue weighted by Gasteiger charge is -2.28. The molecule has 1 unspecified atom stereocenters. The van der Waals surface area contributed by atoms with Crippen molar-refractivity contribution in [3.05, 3.63) is 6.20 Å². The number of hydrogen-bond donors (Lipinski definition) is 4. The predicted octanol–water partition coefficient (Wildman–Crippen LogP) is 1.63. The molecule has 0 bridgehead atoms. The third-order valence-electron chi connectivity index (χ3n) is 4.01. The highest BCUT2D eigenvalue weighted by Gasteiger charge is 2.34. The summed E-state index contributed by atoms with van der Waals surface area (Å²) in [6.45, 7) is 4.57. The van der Waals surface area contributed by atoms with Crippen molar-refractivity contribution >= 4 is 22.8 Å². The van der Waals surface area contributed by atoms with Gasteiger partial charge in [0.1, 0.15) is 5.82 Å². The van der Waals surface area contributed by atoms with Crippen LogP contribution >= 0.6 is 0 Å². The Balaban J connectivity index is 1.97. The summed E-state index contributed by atoms with van der Waals surface area (Å²) in [5, 5.41) is 11.3. The lowest BCUT2D eigenvalue weighted by atomic mass is 9.87. The number of hydrogen-bond acceptors (Lipinski definition) is 6. The van der Waals surface area contributed by atoms with Crippen LogP contribution in [0.5, 0.6) is 0 Å². The summed E-state index contributed by atoms with van der Waals surface area (Å²) in [6.07, 6.45) is 5.36. The molecule has 1 aliphatic carbocycles. The molecule has 5 N–H and O–H groups in total. The quantitative estimate of drug-likeness (QED) is 0.494. The van der Waals surface area contributed by atoms with Gasteiger partial charge < -0.3 is 5.32 Å². The van der Waals surface area contributed by atoms with Gasteiger partial charge in [-0.05, 0) is 18.3 Å². The lowest BCUT2D eigenvalue weighted by molar-refractivity contribution is 0.349. The van der Waals surface area contributed by atoms with E-state index < -0.39 is 0 Å². The molecule has 1 saturated carbocycles. The van der Waals surface area contributed by atoms with E-state index >= 15 is 0 Å². The summed E-state index contributed by atoms with van der Waals surface area (Å²) >= 11 is 0. The maximum atomic E-state index is 5.40. The monoisotopic (exact) mass is 261 g/mol. The number of aromatic amines is 1. The Hall–Kier alpha value is -1.89. The highest BCUT2D eigenvalue weighted by molar-refractivity contribution is 5.87. The number of fused-ring (bicyclic) bond motifs is 1. The molecule has 0 aromatic carbocycles. The normalized spacial score (nSPS) is 21.7.